The van der Waals surface area contributed by atoms with E-state index in [9.17, 15) is 4.79 Å². The number of hydrogen-bond donors (Lipinski definition) is 0. The van der Waals surface area contributed by atoms with Gasteiger partial charge in [-0.15, -0.1) is 0 Å². The van der Waals surface area contributed by atoms with Crippen LogP contribution in [0.3, 0.4) is 0 Å². The molecule has 1 aliphatic heterocycles. The Kier molecular flexibility index (Phi) is 1.60. The van der Waals surface area contributed by atoms with Crippen molar-refractivity contribution in [2.45, 2.75) is 0 Å². The van der Waals surface area contributed by atoms with Crippen molar-refractivity contribution in [3.05, 3.63) is 41.5 Å². The number of allylic oxidation sites excluding steroid dienone is 1. The lowest BCUT2D eigenvalue weighted by Gasteiger charge is -1.92. The summed E-state index contributed by atoms with van der Waals surface area (Å²) in [7, 11) is 0. The zero-order chi connectivity index (χ0) is 9.26. The largest absolute Gasteiger partial charge is 0.421 e. The fraction of sp³-hybridized carbons (Fsp3) is 0. The van der Waals surface area contributed by atoms with E-state index >= 15 is 0 Å². The number of ether oxygens (including phenoxy) is 1. The fourth-order valence-corrected chi connectivity index (χ4v) is 1.25. The maximum Gasteiger partial charge on any atom is 0.344 e. The Balaban J connectivity index is 2.61. The van der Waals surface area contributed by atoms with Crippen LogP contribution in [-0.4, -0.2) is 5.97 Å². The van der Waals surface area contributed by atoms with Gasteiger partial charge in [-0.3, -0.25) is 0 Å². The van der Waals surface area contributed by atoms with Crippen LogP contribution in [0.5, 0.6) is 0 Å². The van der Waals surface area contributed by atoms with Crippen molar-refractivity contribution >= 4 is 11.7 Å². The van der Waals surface area contributed by atoms with Gasteiger partial charge in [0.2, 0.25) is 0 Å². The average Bonchev–Trinajstić information content (AvgIpc) is 2.46. The van der Waals surface area contributed by atoms with E-state index in [4.69, 9.17) is 10.00 Å². The summed E-state index contributed by atoms with van der Waals surface area (Å²) >= 11 is 0. The van der Waals surface area contributed by atoms with Crippen molar-refractivity contribution in [3.63, 3.8) is 0 Å². The van der Waals surface area contributed by atoms with Gasteiger partial charge in [0.15, 0.2) is 0 Å². The van der Waals surface area contributed by atoms with Crippen molar-refractivity contribution < 1.29 is 9.53 Å². The molecule has 0 fully saturated rings. The SMILES string of the molecule is N#CC=C1OC(=O)c2ccccc21. The van der Waals surface area contributed by atoms with Gasteiger partial charge in [0.1, 0.15) is 5.76 Å². The Hall–Kier alpha value is -2.08. The molecule has 2 rings (SSSR count). The third-order valence-corrected chi connectivity index (χ3v) is 1.81. The molecule has 0 aromatic heterocycles. The van der Waals surface area contributed by atoms with Crippen LogP contribution in [0, 0.1) is 11.3 Å². The molecular weight excluding hydrogens is 166 g/mol. The molecule has 0 saturated heterocycles. The molecule has 0 unspecified atom stereocenters. The lowest BCUT2D eigenvalue weighted by molar-refractivity contribution is 0.0716. The quantitative estimate of drug-likeness (QED) is 0.441. The second-order valence-electron chi connectivity index (χ2n) is 2.57. The summed E-state index contributed by atoms with van der Waals surface area (Å²) in [4.78, 5) is 11.2. The summed E-state index contributed by atoms with van der Waals surface area (Å²) in [6.45, 7) is 0. The van der Waals surface area contributed by atoms with Crippen LogP contribution in [-0.2, 0) is 4.74 Å². The molecule has 0 saturated carbocycles. The molecule has 0 N–H and O–H groups in total. The number of esters is 1. The first-order chi connectivity index (χ1) is 6.33. The van der Waals surface area contributed by atoms with E-state index in [1.807, 2.05) is 6.07 Å². The molecule has 62 valence electrons. The van der Waals surface area contributed by atoms with Crippen molar-refractivity contribution in [1.29, 1.82) is 5.26 Å². The molecule has 1 heterocycles. The standard InChI is InChI=1S/C10H5NO2/c11-6-5-9-7-3-1-2-4-8(7)10(12)13-9/h1-5H. The lowest BCUT2D eigenvalue weighted by atomic mass is 10.1. The van der Waals surface area contributed by atoms with Crippen molar-refractivity contribution in [3.8, 4) is 6.07 Å². The Morgan fingerprint density at radius 2 is 2.00 bits per heavy atom. The van der Waals surface area contributed by atoms with Gasteiger partial charge in [0, 0.05) is 5.56 Å². The van der Waals surface area contributed by atoms with Crippen LogP contribution in [0.15, 0.2) is 30.3 Å². The average molecular weight is 171 g/mol. The Morgan fingerprint density at radius 1 is 1.31 bits per heavy atom. The van der Waals surface area contributed by atoms with Gasteiger partial charge in [-0.1, -0.05) is 18.2 Å². The van der Waals surface area contributed by atoms with Crippen LogP contribution in [0.25, 0.3) is 5.76 Å². The van der Waals surface area contributed by atoms with Crippen LogP contribution >= 0.6 is 0 Å². The molecular formula is C10H5NO2. The van der Waals surface area contributed by atoms with Gasteiger partial charge in [-0.2, -0.15) is 5.26 Å². The highest BCUT2D eigenvalue weighted by Gasteiger charge is 2.25. The summed E-state index contributed by atoms with van der Waals surface area (Å²) in [6.07, 6.45) is 1.23. The summed E-state index contributed by atoms with van der Waals surface area (Å²) in [5.41, 5.74) is 1.21. The predicted molar refractivity (Wildman–Crippen MR) is 45.4 cm³/mol. The van der Waals surface area contributed by atoms with Crippen LogP contribution in [0.4, 0.5) is 0 Å². The number of benzene rings is 1. The molecule has 0 bridgehead atoms. The molecule has 1 aromatic rings. The summed E-state index contributed by atoms with van der Waals surface area (Å²) < 4.78 is 4.87. The summed E-state index contributed by atoms with van der Waals surface area (Å²) in [5.74, 6) is -0.0554. The molecule has 0 aliphatic carbocycles. The Bertz CT molecular complexity index is 440. The van der Waals surface area contributed by atoms with Gasteiger partial charge in [0.05, 0.1) is 17.7 Å². The maximum absolute atomic E-state index is 11.2. The maximum atomic E-state index is 11.2. The summed E-state index contributed by atoms with van der Waals surface area (Å²) in [5, 5.41) is 8.42. The normalized spacial score (nSPS) is 16.5. The van der Waals surface area contributed by atoms with E-state index in [2.05, 4.69) is 0 Å². The van der Waals surface area contributed by atoms with E-state index < -0.39 is 5.97 Å². The second-order valence-corrected chi connectivity index (χ2v) is 2.57. The van der Waals surface area contributed by atoms with Crippen LogP contribution in [0.2, 0.25) is 0 Å². The monoisotopic (exact) mass is 171 g/mol. The van der Waals surface area contributed by atoms with E-state index in [1.54, 1.807) is 24.3 Å². The highest BCUT2D eigenvalue weighted by molar-refractivity contribution is 6.03. The minimum absolute atomic E-state index is 0.336. The number of carbonyl (C=O) groups is 1. The number of rotatable bonds is 0. The third-order valence-electron chi connectivity index (χ3n) is 1.81. The Morgan fingerprint density at radius 3 is 2.69 bits per heavy atom. The molecule has 0 radical (unpaired) electrons. The molecule has 13 heavy (non-hydrogen) atoms. The molecule has 3 heteroatoms. The number of cyclic esters (lactones) is 1. The number of nitrogens with zero attached hydrogens (tertiary/aromatic N) is 1. The van der Waals surface area contributed by atoms with Gasteiger partial charge in [-0.05, 0) is 6.07 Å². The van der Waals surface area contributed by atoms with Crippen molar-refractivity contribution in [2.24, 2.45) is 0 Å². The topological polar surface area (TPSA) is 50.1 Å². The first-order valence-corrected chi connectivity index (χ1v) is 3.74. The molecule has 1 aliphatic rings. The fourth-order valence-electron chi connectivity index (χ4n) is 1.25. The zero-order valence-electron chi connectivity index (χ0n) is 6.65. The number of hydrogen-bond acceptors (Lipinski definition) is 3. The van der Waals surface area contributed by atoms with Crippen LogP contribution in [0.1, 0.15) is 15.9 Å². The summed E-state index contributed by atoms with van der Waals surface area (Å²) in [6, 6.07) is 8.82. The molecule has 3 nitrogen and oxygen atoms in total. The zero-order valence-corrected chi connectivity index (χ0v) is 6.65. The lowest BCUT2D eigenvalue weighted by Crippen LogP contribution is -1.92. The van der Waals surface area contributed by atoms with Gasteiger partial charge >= 0.3 is 5.97 Å². The predicted octanol–water partition coefficient (Wildman–Crippen LogP) is 1.72. The van der Waals surface area contributed by atoms with Gasteiger partial charge < -0.3 is 4.74 Å². The third kappa shape index (κ3) is 1.09. The van der Waals surface area contributed by atoms with Crippen LogP contribution < -0.4 is 0 Å². The van der Waals surface area contributed by atoms with Crippen molar-refractivity contribution in [2.75, 3.05) is 0 Å². The van der Waals surface area contributed by atoms with Crippen molar-refractivity contribution in [1.82, 2.24) is 0 Å². The number of fused-ring (bicyclic) bond motifs is 1. The highest BCUT2D eigenvalue weighted by Crippen LogP contribution is 2.28. The Labute approximate surface area is 74.9 Å². The first kappa shape index (κ1) is 7.56. The van der Waals surface area contributed by atoms with E-state index in [-0.39, 0.29) is 0 Å². The van der Waals surface area contributed by atoms with Gasteiger partial charge in [-0.25, -0.2) is 4.79 Å². The van der Waals surface area contributed by atoms with E-state index in [0.717, 1.165) is 0 Å². The minimum Gasteiger partial charge on any atom is -0.421 e. The first-order valence-electron chi connectivity index (χ1n) is 3.74. The van der Waals surface area contributed by atoms with E-state index in [0.29, 0.717) is 16.9 Å². The highest BCUT2D eigenvalue weighted by atomic mass is 16.5. The molecule has 1 aromatic carbocycles. The molecule has 0 amide bonds. The van der Waals surface area contributed by atoms with Gasteiger partial charge in [0.25, 0.3) is 0 Å². The number of carbonyl (C=O) groups excluding carboxylic acids is 1. The minimum atomic E-state index is -0.392. The van der Waals surface area contributed by atoms with E-state index in [1.165, 1.54) is 6.08 Å². The molecule has 0 atom stereocenters. The number of nitriles is 1. The smallest absolute Gasteiger partial charge is 0.344 e. The molecule has 0 spiro atoms. The second kappa shape index (κ2) is 2.76.